The number of carboxylic acid groups (broad SMARTS) is 1. The van der Waals surface area contributed by atoms with Crippen molar-refractivity contribution in [1.82, 2.24) is 4.90 Å². The fraction of sp³-hybridized carbons (Fsp3) is 0.533. The number of aliphatic hydroxyl groups excluding tert-OH is 1. The van der Waals surface area contributed by atoms with Crippen LogP contribution in [-0.4, -0.2) is 40.9 Å². The molecular formula is C15H20FNO4. The second kappa shape index (κ2) is 6.76. The molecule has 5 nitrogen and oxygen atoms in total. The Morgan fingerprint density at radius 2 is 2.19 bits per heavy atom. The number of carbonyl (C=O) groups is 1. The normalized spacial score (nSPS) is 20.7. The Labute approximate surface area is 122 Å². The molecule has 1 amide bonds. The van der Waals surface area contributed by atoms with E-state index in [1.807, 2.05) is 0 Å². The number of nitrogens with zero attached hydrogens (tertiary/aromatic N) is 1. The summed E-state index contributed by atoms with van der Waals surface area (Å²) in [5.74, 6) is -0.226. The number of hydrogen-bond acceptors (Lipinski definition) is 3. The lowest BCUT2D eigenvalue weighted by atomic mass is 9.96. The third-order valence-corrected chi connectivity index (χ3v) is 3.92. The minimum Gasteiger partial charge on any atom is -0.496 e. The topological polar surface area (TPSA) is 70.0 Å². The van der Waals surface area contributed by atoms with E-state index in [2.05, 4.69) is 0 Å². The van der Waals surface area contributed by atoms with Crippen molar-refractivity contribution in [2.75, 3.05) is 13.7 Å². The lowest BCUT2D eigenvalue weighted by molar-refractivity contribution is 0.0465. The molecule has 0 bridgehead atoms. The quantitative estimate of drug-likeness (QED) is 0.900. The van der Waals surface area contributed by atoms with Gasteiger partial charge in [-0.3, -0.25) is 0 Å². The Balaban J connectivity index is 2.31. The maximum absolute atomic E-state index is 13.2. The molecule has 0 radical (unpaired) electrons. The van der Waals surface area contributed by atoms with Crippen LogP contribution in [0.3, 0.4) is 0 Å². The fourth-order valence-electron chi connectivity index (χ4n) is 2.84. The summed E-state index contributed by atoms with van der Waals surface area (Å²) in [5.41, 5.74) is 0.414. The van der Waals surface area contributed by atoms with Crippen LogP contribution in [-0.2, 0) is 0 Å². The van der Waals surface area contributed by atoms with Crippen molar-refractivity contribution < 1.29 is 24.1 Å². The SMILES string of the molecule is COc1cc(F)ccc1C(O)C1CCCCCN1C(=O)O. The van der Waals surface area contributed by atoms with E-state index >= 15 is 0 Å². The van der Waals surface area contributed by atoms with Crippen LogP contribution in [0.15, 0.2) is 18.2 Å². The average Bonchev–Trinajstić information content (AvgIpc) is 2.72. The number of ether oxygens (including phenoxy) is 1. The van der Waals surface area contributed by atoms with Gasteiger partial charge in [-0.25, -0.2) is 9.18 Å². The molecule has 1 aliphatic rings. The summed E-state index contributed by atoms with van der Waals surface area (Å²) in [6.45, 7) is 0.403. The maximum Gasteiger partial charge on any atom is 0.407 e. The first-order valence-electron chi connectivity index (χ1n) is 7.05. The van der Waals surface area contributed by atoms with Crippen LogP contribution in [0.5, 0.6) is 5.75 Å². The highest BCUT2D eigenvalue weighted by molar-refractivity contribution is 5.65. The van der Waals surface area contributed by atoms with E-state index in [4.69, 9.17) is 4.74 Å². The van der Waals surface area contributed by atoms with E-state index < -0.39 is 24.1 Å². The molecule has 2 unspecified atom stereocenters. The number of aliphatic hydroxyl groups is 1. The van der Waals surface area contributed by atoms with Gasteiger partial charge in [-0.05, 0) is 25.0 Å². The molecule has 1 fully saturated rings. The van der Waals surface area contributed by atoms with Gasteiger partial charge in [-0.1, -0.05) is 12.8 Å². The summed E-state index contributed by atoms with van der Waals surface area (Å²) in [6, 6.07) is 3.34. The number of amides is 1. The summed E-state index contributed by atoms with van der Waals surface area (Å²) >= 11 is 0. The third kappa shape index (κ3) is 3.44. The van der Waals surface area contributed by atoms with E-state index in [0.29, 0.717) is 18.5 Å². The maximum atomic E-state index is 13.2. The first-order chi connectivity index (χ1) is 10.0. The second-order valence-electron chi connectivity index (χ2n) is 5.22. The van der Waals surface area contributed by atoms with Crippen molar-refractivity contribution >= 4 is 6.09 Å². The number of methoxy groups -OCH3 is 1. The van der Waals surface area contributed by atoms with Crippen molar-refractivity contribution in [3.8, 4) is 5.75 Å². The van der Waals surface area contributed by atoms with Crippen LogP contribution in [0.2, 0.25) is 0 Å². The Morgan fingerprint density at radius 3 is 2.86 bits per heavy atom. The van der Waals surface area contributed by atoms with Gasteiger partial charge in [-0.2, -0.15) is 0 Å². The first-order valence-corrected chi connectivity index (χ1v) is 7.05. The van der Waals surface area contributed by atoms with Gasteiger partial charge in [0.1, 0.15) is 17.7 Å². The molecule has 6 heteroatoms. The molecule has 0 aromatic heterocycles. The zero-order chi connectivity index (χ0) is 15.4. The lowest BCUT2D eigenvalue weighted by Crippen LogP contribution is -2.42. The molecule has 0 spiro atoms. The van der Waals surface area contributed by atoms with Crippen molar-refractivity contribution in [1.29, 1.82) is 0 Å². The largest absolute Gasteiger partial charge is 0.496 e. The van der Waals surface area contributed by atoms with E-state index in [1.54, 1.807) is 0 Å². The fourth-order valence-corrected chi connectivity index (χ4v) is 2.84. The van der Waals surface area contributed by atoms with Crippen LogP contribution in [0.1, 0.15) is 37.4 Å². The predicted octanol–water partition coefficient (Wildman–Crippen LogP) is 2.79. The van der Waals surface area contributed by atoms with Gasteiger partial charge in [0.15, 0.2) is 0 Å². The molecule has 1 aromatic carbocycles. The van der Waals surface area contributed by atoms with Crippen molar-refractivity contribution in [2.24, 2.45) is 0 Å². The van der Waals surface area contributed by atoms with Crippen molar-refractivity contribution in [2.45, 2.75) is 37.8 Å². The minimum atomic E-state index is -1.04. The minimum absolute atomic E-state index is 0.233. The highest BCUT2D eigenvalue weighted by Crippen LogP contribution is 2.33. The molecule has 0 saturated carbocycles. The summed E-state index contributed by atoms with van der Waals surface area (Å²) in [4.78, 5) is 12.7. The van der Waals surface area contributed by atoms with Crippen molar-refractivity contribution in [3.63, 3.8) is 0 Å². The monoisotopic (exact) mass is 297 g/mol. The average molecular weight is 297 g/mol. The van der Waals surface area contributed by atoms with Crippen LogP contribution in [0.4, 0.5) is 9.18 Å². The molecule has 1 heterocycles. The summed E-state index contributed by atoms with van der Waals surface area (Å²) in [5, 5.41) is 19.9. The van der Waals surface area contributed by atoms with Gasteiger partial charge < -0.3 is 19.8 Å². The molecule has 2 N–H and O–H groups in total. The zero-order valence-electron chi connectivity index (χ0n) is 12.0. The van der Waals surface area contributed by atoms with Gasteiger partial charge in [0, 0.05) is 18.2 Å². The molecule has 21 heavy (non-hydrogen) atoms. The Bertz CT molecular complexity index is 508. The summed E-state index contributed by atoms with van der Waals surface area (Å²) in [6.07, 6.45) is 1.09. The number of halogens is 1. The Hall–Kier alpha value is -1.82. The molecule has 1 aliphatic heterocycles. The van der Waals surface area contributed by atoms with Crippen LogP contribution < -0.4 is 4.74 Å². The van der Waals surface area contributed by atoms with Gasteiger partial charge in [0.25, 0.3) is 0 Å². The van der Waals surface area contributed by atoms with Crippen LogP contribution >= 0.6 is 0 Å². The van der Waals surface area contributed by atoms with Gasteiger partial charge in [0.05, 0.1) is 13.2 Å². The summed E-state index contributed by atoms with van der Waals surface area (Å²) in [7, 11) is 1.40. The zero-order valence-corrected chi connectivity index (χ0v) is 12.0. The molecule has 2 rings (SSSR count). The van der Waals surface area contributed by atoms with E-state index in [0.717, 1.165) is 19.3 Å². The third-order valence-electron chi connectivity index (χ3n) is 3.92. The molecule has 116 valence electrons. The number of rotatable bonds is 3. The smallest absolute Gasteiger partial charge is 0.407 e. The van der Waals surface area contributed by atoms with Gasteiger partial charge in [-0.15, -0.1) is 0 Å². The molecule has 1 saturated heterocycles. The first kappa shape index (κ1) is 15.6. The van der Waals surface area contributed by atoms with Crippen LogP contribution in [0, 0.1) is 5.82 Å². The number of likely N-dealkylation sites (tertiary alicyclic amines) is 1. The highest BCUT2D eigenvalue weighted by atomic mass is 19.1. The molecule has 1 aromatic rings. The number of benzene rings is 1. The van der Waals surface area contributed by atoms with Crippen LogP contribution in [0.25, 0.3) is 0 Å². The molecule has 0 aliphatic carbocycles. The van der Waals surface area contributed by atoms with Gasteiger partial charge >= 0.3 is 6.09 Å². The molecular weight excluding hydrogens is 277 g/mol. The Kier molecular flexibility index (Phi) is 5.01. The van der Waals surface area contributed by atoms with Crippen molar-refractivity contribution in [3.05, 3.63) is 29.6 Å². The van der Waals surface area contributed by atoms with Gasteiger partial charge in [0.2, 0.25) is 0 Å². The predicted molar refractivity (Wildman–Crippen MR) is 74.9 cm³/mol. The Morgan fingerprint density at radius 1 is 1.43 bits per heavy atom. The molecule has 2 atom stereocenters. The van der Waals surface area contributed by atoms with E-state index in [9.17, 15) is 19.4 Å². The standard InChI is InChI=1S/C15H20FNO4/c1-21-13-9-10(16)6-7-11(13)14(18)12-5-3-2-4-8-17(12)15(19)20/h6-7,9,12,14,18H,2-5,8H2,1H3,(H,19,20). The van der Waals surface area contributed by atoms with E-state index in [-0.39, 0.29) is 5.75 Å². The van der Waals surface area contributed by atoms with E-state index in [1.165, 1.54) is 30.2 Å². The summed E-state index contributed by atoms with van der Waals surface area (Å²) < 4.78 is 18.3. The lowest BCUT2D eigenvalue weighted by Gasteiger charge is -2.32. The number of hydrogen-bond donors (Lipinski definition) is 2. The highest BCUT2D eigenvalue weighted by Gasteiger charge is 2.33. The second-order valence-corrected chi connectivity index (χ2v) is 5.22.